The fourth-order valence-electron chi connectivity index (χ4n) is 1.24. The maximum atomic E-state index is 11.5. The summed E-state index contributed by atoms with van der Waals surface area (Å²) in [6.45, 7) is 2.87. The van der Waals surface area contributed by atoms with Crippen LogP contribution in [0.3, 0.4) is 0 Å². The summed E-state index contributed by atoms with van der Waals surface area (Å²) in [6.07, 6.45) is 2.12. The van der Waals surface area contributed by atoms with Gasteiger partial charge in [-0.2, -0.15) is 0 Å². The largest absolute Gasteiger partial charge is 0.462 e. The minimum Gasteiger partial charge on any atom is -0.462 e. The molecule has 0 aromatic carbocycles. The smallest absolute Gasteiger partial charge is 0.343 e. The monoisotopic (exact) mass is 238 g/mol. The summed E-state index contributed by atoms with van der Waals surface area (Å²) in [5, 5.41) is 0. The number of esters is 1. The highest BCUT2D eigenvalue weighted by molar-refractivity contribution is 5.93. The van der Waals surface area contributed by atoms with Crippen molar-refractivity contribution in [3.63, 3.8) is 0 Å². The molecule has 0 aliphatic heterocycles. The van der Waals surface area contributed by atoms with Gasteiger partial charge in [0, 0.05) is 19.2 Å². The summed E-state index contributed by atoms with van der Waals surface area (Å²) >= 11 is 0. The van der Waals surface area contributed by atoms with Crippen LogP contribution in [0.15, 0.2) is 6.20 Å². The van der Waals surface area contributed by atoms with Crippen molar-refractivity contribution < 1.29 is 9.53 Å². The molecule has 94 valence electrons. The van der Waals surface area contributed by atoms with Gasteiger partial charge in [0.25, 0.3) is 0 Å². The van der Waals surface area contributed by atoms with Crippen molar-refractivity contribution in [1.82, 2.24) is 14.9 Å². The van der Waals surface area contributed by atoms with E-state index in [0.29, 0.717) is 18.9 Å². The van der Waals surface area contributed by atoms with Crippen LogP contribution in [-0.4, -0.2) is 48.1 Å². The van der Waals surface area contributed by atoms with Crippen LogP contribution in [0, 0.1) is 0 Å². The van der Waals surface area contributed by atoms with Gasteiger partial charge >= 0.3 is 5.97 Å². The summed E-state index contributed by atoms with van der Waals surface area (Å²) < 4.78 is 4.84. The van der Waals surface area contributed by atoms with E-state index in [1.807, 2.05) is 19.0 Å². The Balaban J connectivity index is 2.75. The van der Waals surface area contributed by atoms with Crippen LogP contribution in [0.1, 0.15) is 23.1 Å². The topological polar surface area (TPSA) is 81.3 Å². The van der Waals surface area contributed by atoms with Gasteiger partial charge in [-0.05, 0) is 21.0 Å². The zero-order valence-corrected chi connectivity index (χ0v) is 10.4. The highest BCUT2D eigenvalue weighted by Gasteiger charge is 2.13. The van der Waals surface area contributed by atoms with E-state index in [0.717, 1.165) is 6.54 Å². The fraction of sp³-hybridized carbons (Fsp3) is 0.545. The van der Waals surface area contributed by atoms with Crippen molar-refractivity contribution in [2.75, 3.05) is 33.0 Å². The van der Waals surface area contributed by atoms with Crippen LogP contribution < -0.4 is 5.73 Å². The molecule has 0 radical (unpaired) electrons. The van der Waals surface area contributed by atoms with E-state index in [1.54, 1.807) is 6.92 Å². The molecule has 0 atom stereocenters. The number of aromatic nitrogens is 2. The molecule has 2 N–H and O–H groups in total. The van der Waals surface area contributed by atoms with Gasteiger partial charge in [-0.25, -0.2) is 14.8 Å². The SMILES string of the molecule is CCOC(=O)c1cnc(CCN(C)C)nc1N. The van der Waals surface area contributed by atoms with Crippen LogP contribution in [0.25, 0.3) is 0 Å². The molecule has 0 aliphatic carbocycles. The predicted octanol–water partition coefficient (Wildman–Crippen LogP) is 0.340. The third kappa shape index (κ3) is 3.99. The first-order valence-electron chi connectivity index (χ1n) is 5.47. The number of likely N-dealkylation sites (N-methyl/N-ethyl adjacent to an activating group) is 1. The number of nitrogen functional groups attached to an aromatic ring is 1. The number of carbonyl (C=O) groups is 1. The Kier molecular flexibility index (Phi) is 4.84. The Morgan fingerprint density at radius 3 is 2.76 bits per heavy atom. The van der Waals surface area contributed by atoms with Gasteiger partial charge in [-0.15, -0.1) is 0 Å². The molecule has 0 spiro atoms. The van der Waals surface area contributed by atoms with Crippen LogP contribution >= 0.6 is 0 Å². The van der Waals surface area contributed by atoms with E-state index < -0.39 is 5.97 Å². The minimum absolute atomic E-state index is 0.173. The van der Waals surface area contributed by atoms with Gasteiger partial charge in [0.1, 0.15) is 17.2 Å². The molecular weight excluding hydrogens is 220 g/mol. The third-order valence-corrected chi connectivity index (χ3v) is 2.15. The average molecular weight is 238 g/mol. The second-order valence-corrected chi connectivity index (χ2v) is 3.86. The molecule has 6 heteroatoms. The Bertz CT molecular complexity index is 393. The van der Waals surface area contributed by atoms with E-state index in [-0.39, 0.29) is 11.4 Å². The normalized spacial score (nSPS) is 10.6. The number of nitrogens with two attached hydrogens (primary N) is 1. The van der Waals surface area contributed by atoms with E-state index in [4.69, 9.17) is 10.5 Å². The lowest BCUT2D eigenvalue weighted by Crippen LogP contribution is -2.17. The Morgan fingerprint density at radius 1 is 1.53 bits per heavy atom. The van der Waals surface area contributed by atoms with Crippen molar-refractivity contribution in [3.8, 4) is 0 Å². The number of ether oxygens (including phenoxy) is 1. The molecule has 1 rings (SSSR count). The van der Waals surface area contributed by atoms with E-state index >= 15 is 0 Å². The van der Waals surface area contributed by atoms with E-state index in [1.165, 1.54) is 6.20 Å². The number of hydrogen-bond acceptors (Lipinski definition) is 6. The number of carbonyl (C=O) groups excluding carboxylic acids is 1. The first-order chi connectivity index (χ1) is 8.04. The molecule has 0 unspecified atom stereocenters. The molecule has 0 fully saturated rings. The second kappa shape index (κ2) is 6.15. The second-order valence-electron chi connectivity index (χ2n) is 3.86. The standard InChI is InChI=1S/C11H18N4O2/c1-4-17-11(16)8-7-13-9(14-10(8)12)5-6-15(2)3/h7H,4-6H2,1-3H3,(H2,12,13,14). The molecule has 0 saturated heterocycles. The molecule has 6 nitrogen and oxygen atoms in total. The number of anilines is 1. The summed E-state index contributed by atoms with van der Waals surface area (Å²) in [6, 6.07) is 0. The minimum atomic E-state index is -0.482. The fourth-order valence-corrected chi connectivity index (χ4v) is 1.24. The van der Waals surface area contributed by atoms with Crippen LogP contribution in [-0.2, 0) is 11.2 Å². The molecular formula is C11H18N4O2. The van der Waals surface area contributed by atoms with Crippen molar-refractivity contribution in [2.24, 2.45) is 0 Å². The zero-order valence-electron chi connectivity index (χ0n) is 10.4. The van der Waals surface area contributed by atoms with Crippen molar-refractivity contribution in [1.29, 1.82) is 0 Å². The number of rotatable bonds is 5. The van der Waals surface area contributed by atoms with Gasteiger partial charge in [0.2, 0.25) is 0 Å². The maximum Gasteiger partial charge on any atom is 0.343 e. The van der Waals surface area contributed by atoms with Crippen molar-refractivity contribution in [2.45, 2.75) is 13.3 Å². The Labute approximate surface area is 101 Å². The Morgan fingerprint density at radius 2 is 2.24 bits per heavy atom. The van der Waals surface area contributed by atoms with Crippen LogP contribution in [0.4, 0.5) is 5.82 Å². The maximum absolute atomic E-state index is 11.5. The van der Waals surface area contributed by atoms with Crippen molar-refractivity contribution >= 4 is 11.8 Å². The first kappa shape index (κ1) is 13.4. The molecule has 17 heavy (non-hydrogen) atoms. The summed E-state index contributed by atoms with van der Waals surface area (Å²) in [4.78, 5) is 21.7. The summed E-state index contributed by atoms with van der Waals surface area (Å²) in [5.41, 5.74) is 5.92. The number of hydrogen-bond donors (Lipinski definition) is 1. The van der Waals surface area contributed by atoms with Crippen LogP contribution in [0.2, 0.25) is 0 Å². The number of nitrogens with zero attached hydrogens (tertiary/aromatic N) is 3. The predicted molar refractivity (Wildman–Crippen MR) is 64.7 cm³/mol. The Hall–Kier alpha value is -1.69. The van der Waals surface area contributed by atoms with E-state index in [2.05, 4.69) is 9.97 Å². The quantitative estimate of drug-likeness (QED) is 0.745. The average Bonchev–Trinajstić information content (AvgIpc) is 2.26. The molecule has 0 amide bonds. The molecule has 1 aromatic heterocycles. The zero-order chi connectivity index (χ0) is 12.8. The highest BCUT2D eigenvalue weighted by atomic mass is 16.5. The lowest BCUT2D eigenvalue weighted by Gasteiger charge is -2.09. The van der Waals surface area contributed by atoms with Gasteiger partial charge in [0.05, 0.1) is 6.61 Å². The summed E-state index contributed by atoms with van der Waals surface area (Å²) in [7, 11) is 3.94. The van der Waals surface area contributed by atoms with Gasteiger partial charge in [-0.3, -0.25) is 0 Å². The molecule has 0 bridgehead atoms. The molecule has 0 saturated carbocycles. The summed E-state index contributed by atoms with van der Waals surface area (Å²) in [5.74, 6) is 0.320. The van der Waals surface area contributed by atoms with Crippen molar-refractivity contribution in [3.05, 3.63) is 17.6 Å². The van der Waals surface area contributed by atoms with Crippen LogP contribution in [0.5, 0.6) is 0 Å². The van der Waals surface area contributed by atoms with Gasteiger partial charge in [0.15, 0.2) is 0 Å². The lowest BCUT2D eigenvalue weighted by atomic mass is 10.3. The highest BCUT2D eigenvalue weighted by Crippen LogP contribution is 2.09. The van der Waals surface area contributed by atoms with E-state index in [9.17, 15) is 4.79 Å². The van der Waals surface area contributed by atoms with Gasteiger partial charge in [-0.1, -0.05) is 0 Å². The molecule has 1 aromatic rings. The van der Waals surface area contributed by atoms with Gasteiger partial charge < -0.3 is 15.4 Å². The third-order valence-electron chi connectivity index (χ3n) is 2.15. The molecule has 0 aliphatic rings. The first-order valence-corrected chi connectivity index (χ1v) is 5.47. The lowest BCUT2D eigenvalue weighted by molar-refractivity contribution is 0.0526. The molecule has 1 heterocycles.